The first-order valence-corrected chi connectivity index (χ1v) is 7.68. The van der Waals surface area contributed by atoms with Gasteiger partial charge in [0.1, 0.15) is 6.04 Å². The van der Waals surface area contributed by atoms with Crippen LogP contribution >= 0.6 is 0 Å². The van der Waals surface area contributed by atoms with Crippen LogP contribution in [0.2, 0.25) is 0 Å². The number of carbonyl (C=O) groups excluding carboxylic acids is 2. The topological polar surface area (TPSA) is 84.2 Å². The number of amides is 2. The normalized spacial score (nSPS) is 19.4. The van der Waals surface area contributed by atoms with Crippen LogP contribution in [0.3, 0.4) is 0 Å². The predicted octanol–water partition coefficient (Wildman–Crippen LogP) is 1.17. The van der Waals surface area contributed by atoms with Gasteiger partial charge in [-0.1, -0.05) is 33.1 Å². The van der Waals surface area contributed by atoms with E-state index in [1.54, 1.807) is 7.05 Å². The highest BCUT2D eigenvalue weighted by molar-refractivity contribution is 5.90. The second-order valence-electron chi connectivity index (χ2n) is 6.31. The molecule has 0 aromatic carbocycles. The van der Waals surface area contributed by atoms with Crippen LogP contribution in [0, 0.1) is 11.3 Å². The van der Waals surface area contributed by atoms with Crippen LogP contribution in [0.5, 0.6) is 0 Å². The number of carbonyl (C=O) groups is 2. The van der Waals surface area contributed by atoms with Crippen molar-refractivity contribution in [1.82, 2.24) is 10.6 Å². The fraction of sp³-hybridized carbons (Fsp3) is 0.867. The summed E-state index contributed by atoms with van der Waals surface area (Å²) in [6.45, 7) is 4.45. The molecule has 0 saturated heterocycles. The van der Waals surface area contributed by atoms with Crippen molar-refractivity contribution < 1.29 is 9.59 Å². The Hall–Kier alpha value is -1.10. The third kappa shape index (κ3) is 4.20. The van der Waals surface area contributed by atoms with Crippen LogP contribution < -0.4 is 16.4 Å². The maximum absolute atomic E-state index is 12.6. The van der Waals surface area contributed by atoms with Gasteiger partial charge in [0.2, 0.25) is 11.8 Å². The van der Waals surface area contributed by atoms with E-state index in [4.69, 9.17) is 5.73 Å². The molecule has 20 heavy (non-hydrogen) atoms. The summed E-state index contributed by atoms with van der Waals surface area (Å²) in [5, 5.41) is 5.55. The van der Waals surface area contributed by atoms with Crippen molar-refractivity contribution >= 4 is 11.8 Å². The number of nitrogens with one attached hydrogen (secondary N) is 2. The molecular weight excluding hydrogens is 254 g/mol. The molecule has 0 aromatic heterocycles. The number of hydrogen-bond acceptors (Lipinski definition) is 3. The summed E-state index contributed by atoms with van der Waals surface area (Å²) < 4.78 is 0. The average molecular weight is 283 g/mol. The van der Waals surface area contributed by atoms with Crippen molar-refractivity contribution in [3.8, 4) is 0 Å². The number of likely N-dealkylation sites (N-methyl/N-ethyl adjacent to an activating group) is 1. The lowest BCUT2D eigenvalue weighted by Gasteiger charge is -2.36. The van der Waals surface area contributed by atoms with Gasteiger partial charge in [0.15, 0.2) is 0 Å². The molecule has 2 amide bonds. The molecule has 1 rings (SSSR count). The first-order valence-electron chi connectivity index (χ1n) is 7.68. The zero-order chi connectivity index (χ0) is 15.2. The van der Waals surface area contributed by atoms with Crippen LogP contribution in [-0.4, -0.2) is 31.4 Å². The minimum atomic E-state index is -0.471. The zero-order valence-corrected chi connectivity index (χ0v) is 13.0. The fourth-order valence-corrected chi connectivity index (χ4v) is 2.94. The average Bonchev–Trinajstić information content (AvgIpc) is 2.45. The lowest BCUT2D eigenvalue weighted by molar-refractivity contribution is -0.136. The smallest absolute Gasteiger partial charge is 0.242 e. The summed E-state index contributed by atoms with van der Waals surface area (Å²) in [5.41, 5.74) is 5.39. The molecule has 0 bridgehead atoms. The van der Waals surface area contributed by atoms with Crippen molar-refractivity contribution in [2.24, 2.45) is 17.1 Å². The second kappa shape index (κ2) is 7.62. The molecular formula is C15H29N3O2. The van der Waals surface area contributed by atoms with Gasteiger partial charge >= 0.3 is 0 Å². The minimum absolute atomic E-state index is 0.0473. The summed E-state index contributed by atoms with van der Waals surface area (Å²) in [6, 6.07) is -0.460. The Balaban J connectivity index is 2.75. The summed E-state index contributed by atoms with van der Waals surface area (Å²) >= 11 is 0. The van der Waals surface area contributed by atoms with E-state index in [9.17, 15) is 9.59 Å². The van der Waals surface area contributed by atoms with Crippen LogP contribution in [0.4, 0.5) is 0 Å². The highest BCUT2D eigenvalue weighted by Crippen LogP contribution is 2.35. The first-order chi connectivity index (χ1) is 9.45. The number of nitrogens with two attached hydrogens (primary N) is 1. The molecule has 116 valence electrons. The van der Waals surface area contributed by atoms with Gasteiger partial charge in [0.25, 0.3) is 0 Å². The molecule has 4 N–H and O–H groups in total. The maximum atomic E-state index is 12.6. The van der Waals surface area contributed by atoms with E-state index < -0.39 is 11.5 Å². The summed E-state index contributed by atoms with van der Waals surface area (Å²) in [5.74, 6) is 0.168. The van der Waals surface area contributed by atoms with Gasteiger partial charge in [-0.3, -0.25) is 9.59 Å². The Morgan fingerprint density at radius 2 is 1.80 bits per heavy atom. The van der Waals surface area contributed by atoms with E-state index in [-0.39, 0.29) is 11.8 Å². The van der Waals surface area contributed by atoms with Crippen molar-refractivity contribution in [2.75, 3.05) is 13.6 Å². The highest BCUT2D eigenvalue weighted by atomic mass is 16.2. The molecule has 1 aliphatic rings. The molecule has 5 heteroatoms. The molecule has 1 aliphatic carbocycles. The lowest BCUT2D eigenvalue weighted by Crippen LogP contribution is -2.54. The molecule has 0 aliphatic heterocycles. The third-order valence-electron chi connectivity index (χ3n) is 4.26. The largest absolute Gasteiger partial charge is 0.357 e. The molecule has 1 unspecified atom stereocenters. The van der Waals surface area contributed by atoms with E-state index in [1.165, 1.54) is 6.42 Å². The van der Waals surface area contributed by atoms with E-state index >= 15 is 0 Å². The van der Waals surface area contributed by atoms with Gasteiger partial charge in [0, 0.05) is 13.6 Å². The summed E-state index contributed by atoms with van der Waals surface area (Å²) in [6.07, 6.45) is 5.56. The van der Waals surface area contributed by atoms with Crippen molar-refractivity contribution in [3.63, 3.8) is 0 Å². The van der Waals surface area contributed by atoms with Crippen LogP contribution in [0.1, 0.15) is 52.4 Å². The zero-order valence-electron chi connectivity index (χ0n) is 13.0. The minimum Gasteiger partial charge on any atom is -0.357 e. The Morgan fingerprint density at radius 3 is 2.25 bits per heavy atom. The molecule has 1 saturated carbocycles. The SMILES string of the molecule is CNC(=O)C(CC(C)C)NC(=O)C1(CN)CCCCC1. The van der Waals surface area contributed by atoms with Crippen molar-refractivity contribution in [1.29, 1.82) is 0 Å². The Morgan fingerprint density at radius 1 is 1.20 bits per heavy atom. The molecule has 5 nitrogen and oxygen atoms in total. The molecule has 1 atom stereocenters. The van der Waals surface area contributed by atoms with Gasteiger partial charge < -0.3 is 16.4 Å². The van der Waals surface area contributed by atoms with E-state index in [1.807, 2.05) is 13.8 Å². The Labute approximate surface area is 122 Å². The second-order valence-corrected chi connectivity index (χ2v) is 6.31. The van der Waals surface area contributed by atoms with Gasteiger partial charge in [-0.2, -0.15) is 0 Å². The van der Waals surface area contributed by atoms with E-state index in [2.05, 4.69) is 10.6 Å². The van der Waals surface area contributed by atoms with Crippen LogP contribution in [-0.2, 0) is 9.59 Å². The fourth-order valence-electron chi connectivity index (χ4n) is 2.94. The Bertz CT molecular complexity index is 336. The molecule has 1 fully saturated rings. The summed E-state index contributed by atoms with van der Waals surface area (Å²) in [7, 11) is 1.60. The van der Waals surface area contributed by atoms with Crippen LogP contribution in [0.15, 0.2) is 0 Å². The van der Waals surface area contributed by atoms with Crippen molar-refractivity contribution in [2.45, 2.75) is 58.4 Å². The predicted molar refractivity (Wildman–Crippen MR) is 80.0 cm³/mol. The van der Waals surface area contributed by atoms with Gasteiger partial charge in [-0.05, 0) is 25.2 Å². The quantitative estimate of drug-likeness (QED) is 0.684. The number of rotatable bonds is 6. The van der Waals surface area contributed by atoms with E-state index in [0.717, 1.165) is 25.7 Å². The third-order valence-corrected chi connectivity index (χ3v) is 4.26. The van der Waals surface area contributed by atoms with Crippen molar-refractivity contribution in [3.05, 3.63) is 0 Å². The molecule has 0 aromatic rings. The standard InChI is InChI=1S/C15H29N3O2/c1-11(2)9-12(13(19)17-3)18-14(20)15(10-16)7-5-4-6-8-15/h11-12H,4-10,16H2,1-3H3,(H,17,19)(H,18,20). The van der Waals surface area contributed by atoms with Gasteiger partial charge in [0.05, 0.1) is 5.41 Å². The molecule has 0 radical (unpaired) electrons. The van der Waals surface area contributed by atoms with Gasteiger partial charge in [-0.15, -0.1) is 0 Å². The molecule has 0 spiro atoms. The Kier molecular flexibility index (Phi) is 6.46. The van der Waals surface area contributed by atoms with Gasteiger partial charge in [-0.25, -0.2) is 0 Å². The monoisotopic (exact) mass is 283 g/mol. The van der Waals surface area contributed by atoms with E-state index in [0.29, 0.717) is 18.9 Å². The first kappa shape index (κ1) is 17.0. The maximum Gasteiger partial charge on any atom is 0.242 e. The lowest BCUT2D eigenvalue weighted by atomic mass is 9.73. The molecule has 0 heterocycles. The van der Waals surface area contributed by atoms with Crippen LogP contribution in [0.25, 0.3) is 0 Å². The summed E-state index contributed by atoms with van der Waals surface area (Å²) in [4.78, 5) is 24.5. The number of hydrogen-bond donors (Lipinski definition) is 3. The highest BCUT2D eigenvalue weighted by Gasteiger charge is 2.39.